The highest BCUT2D eigenvalue weighted by molar-refractivity contribution is 9.10. The molecular weight excluding hydrogens is 316 g/mol. The van der Waals surface area contributed by atoms with Crippen molar-refractivity contribution in [1.82, 2.24) is 4.90 Å². The third kappa shape index (κ3) is 4.04. The normalized spacial score (nSPS) is 18.2. The Bertz CT molecular complexity index is 419. The molecule has 1 unspecified atom stereocenters. The Morgan fingerprint density at radius 2 is 2.00 bits per heavy atom. The fourth-order valence-electron chi connectivity index (χ4n) is 2.80. The summed E-state index contributed by atoms with van der Waals surface area (Å²) in [5, 5.41) is 0. The van der Waals surface area contributed by atoms with Gasteiger partial charge in [-0.3, -0.25) is 4.90 Å². The molecule has 1 aliphatic carbocycles. The molecule has 0 radical (unpaired) electrons. The van der Waals surface area contributed by atoms with Gasteiger partial charge < -0.3 is 10.5 Å². The first-order chi connectivity index (χ1) is 9.59. The van der Waals surface area contributed by atoms with Crippen LogP contribution in [0.3, 0.4) is 0 Å². The Kier molecular flexibility index (Phi) is 5.61. The number of nitrogens with zero attached hydrogens (tertiary/aromatic N) is 1. The molecule has 0 heterocycles. The van der Waals surface area contributed by atoms with Crippen LogP contribution in [0.4, 0.5) is 0 Å². The topological polar surface area (TPSA) is 38.5 Å². The van der Waals surface area contributed by atoms with E-state index in [1.807, 2.05) is 0 Å². The molecular formula is C16H25BrN2O. The van der Waals surface area contributed by atoms with Gasteiger partial charge in [0.05, 0.1) is 6.61 Å². The number of benzene rings is 1. The van der Waals surface area contributed by atoms with E-state index >= 15 is 0 Å². The van der Waals surface area contributed by atoms with Crippen LogP contribution in [0.5, 0.6) is 0 Å². The molecule has 4 heteroatoms. The van der Waals surface area contributed by atoms with Crippen molar-refractivity contribution in [3.63, 3.8) is 0 Å². The molecule has 112 valence electrons. The molecule has 1 atom stereocenters. The van der Waals surface area contributed by atoms with E-state index in [9.17, 15) is 0 Å². The Balaban J connectivity index is 2.10. The molecule has 1 aliphatic rings. The molecule has 0 spiro atoms. The lowest BCUT2D eigenvalue weighted by molar-refractivity contribution is 0.0635. The van der Waals surface area contributed by atoms with Crippen LogP contribution in [0.15, 0.2) is 28.7 Å². The van der Waals surface area contributed by atoms with Crippen LogP contribution < -0.4 is 5.73 Å². The van der Waals surface area contributed by atoms with Crippen molar-refractivity contribution in [2.75, 3.05) is 26.8 Å². The summed E-state index contributed by atoms with van der Waals surface area (Å²) in [4.78, 5) is 2.55. The first kappa shape index (κ1) is 16.0. The van der Waals surface area contributed by atoms with Crippen LogP contribution in [0.1, 0.15) is 25.3 Å². The smallest absolute Gasteiger partial charge is 0.0590 e. The minimum Gasteiger partial charge on any atom is -0.383 e. The van der Waals surface area contributed by atoms with E-state index in [0.29, 0.717) is 12.6 Å². The van der Waals surface area contributed by atoms with Gasteiger partial charge in [0.25, 0.3) is 0 Å². The second-order valence-corrected chi connectivity index (χ2v) is 6.84. The number of methoxy groups -OCH3 is 1. The van der Waals surface area contributed by atoms with Gasteiger partial charge in [0.2, 0.25) is 0 Å². The van der Waals surface area contributed by atoms with Crippen molar-refractivity contribution in [2.24, 2.45) is 5.73 Å². The van der Waals surface area contributed by atoms with Gasteiger partial charge in [0.1, 0.15) is 0 Å². The predicted molar refractivity (Wildman–Crippen MR) is 86.9 cm³/mol. The highest BCUT2D eigenvalue weighted by Crippen LogP contribution is 2.34. The molecule has 2 N–H and O–H groups in total. The lowest BCUT2D eigenvalue weighted by atomic mass is 9.90. The Morgan fingerprint density at radius 3 is 2.50 bits per heavy atom. The largest absolute Gasteiger partial charge is 0.383 e. The maximum absolute atomic E-state index is 6.13. The number of rotatable bonds is 8. The van der Waals surface area contributed by atoms with Gasteiger partial charge in [-0.15, -0.1) is 0 Å². The van der Waals surface area contributed by atoms with Crippen molar-refractivity contribution in [3.8, 4) is 0 Å². The van der Waals surface area contributed by atoms with Gasteiger partial charge in [-0.1, -0.05) is 28.1 Å². The predicted octanol–water partition coefficient (Wildman–Crippen LogP) is 2.82. The van der Waals surface area contributed by atoms with Crippen molar-refractivity contribution in [2.45, 2.75) is 37.8 Å². The van der Waals surface area contributed by atoms with Gasteiger partial charge in [0.15, 0.2) is 0 Å². The van der Waals surface area contributed by atoms with Gasteiger partial charge in [0, 0.05) is 36.3 Å². The summed E-state index contributed by atoms with van der Waals surface area (Å²) in [6.07, 6.45) is 3.57. The van der Waals surface area contributed by atoms with Gasteiger partial charge in [-0.2, -0.15) is 0 Å². The molecule has 1 aromatic rings. The Hall–Kier alpha value is -0.420. The van der Waals surface area contributed by atoms with Crippen molar-refractivity contribution >= 4 is 15.9 Å². The SMILES string of the molecule is COCCN(C1CC1)C(C)(CN)Cc1ccc(Br)cc1. The quantitative estimate of drug-likeness (QED) is 0.790. The second-order valence-electron chi connectivity index (χ2n) is 5.92. The average molecular weight is 341 g/mol. The monoisotopic (exact) mass is 340 g/mol. The summed E-state index contributed by atoms with van der Waals surface area (Å²) in [5.74, 6) is 0. The first-order valence-corrected chi connectivity index (χ1v) is 8.08. The fraction of sp³-hybridized carbons (Fsp3) is 0.625. The number of hydrogen-bond acceptors (Lipinski definition) is 3. The van der Waals surface area contributed by atoms with Crippen LogP contribution in [-0.2, 0) is 11.2 Å². The molecule has 2 rings (SSSR count). The molecule has 3 nitrogen and oxygen atoms in total. The number of halogens is 1. The molecule has 0 aromatic heterocycles. The molecule has 0 bridgehead atoms. The van der Waals surface area contributed by atoms with Gasteiger partial charge in [-0.25, -0.2) is 0 Å². The van der Waals surface area contributed by atoms with E-state index in [0.717, 1.165) is 24.0 Å². The van der Waals surface area contributed by atoms with E-state index in [2.05, 4.69) is 52.0 Å². The van der Waals surface area contributed by atoms with Crippen molar-refractivity contribution < 1.29 is 4.74 Å². The fourth-order valence-corrected chi connectivity index (χ4v) is 3.07. The van der Waals surface area contributed by atoms with Crippen LogP contribution >= 0.6 is 15.9 Å². The Labute approximate surface area is 130 Å². The third-order valence-electron chi connectivity index (χ3n) is 4.16. The second kappa shape index (κ2) is 7.03. The minimum atomic E-state index is 0.00747. The first-order valence-electron chi connectivity index (χ1n) is 7.29. The average Bonchev–Trinajstić information content (AvgIpc) is 3.26. The summed E-state index contributed by atoms with van der Waals surface area (Å²) < 4.78 is 6.39. The van der Waals surface area contributed by atoms with Crippen LogP contribution in [0.25, 0.3) is 0 Å². The van der Waals surface area contributed by atoms with Crippen LogP contribution in [-0.4, -0.2) is 43.3 Å². The van der Waals surface area contributed by atoms with E-state index in [1.165, 1.54) is 18.4 Å². The van der Waals surface area contributed by atoms with E-state index in [4.69, 9.17) is 10.5 Å². The zero-order chi connectivity index (χ0) is 14.6. The highest BCUT2D eigenvalue weighted by atomic mass is 79.9. The molecule has 1 saturated carbocycles. The number of hydrogen-bond donors (Lipinski definition) is 1. The van der Waals surface area contributed by atoms with Gasteiger partial charge >= 0.3 is 0 Å². The summed E-state index contributed by atoms with van der Waals surface area (Å²) >= 11 is 3.49. The lowest BCUT2D eigenvalue weighted by Crippen LogP contribution is -2.55. The van der Waals surface area contributed by atoms with E-state index in [1.54, 1.807) is 7.11 Å². The summed E-state index contributed by atoms with van der Waals surface area (Å²) in [5.41, 5.74) is 7.48. The molecule has 1 aromatic carbocycles. The number of nitrogens with two attached hydrogens (primary N) is 1. The van der Waals surface area contributed by atoms with Gasteiger partial charge in [-0.05, 0) is 43.9 Å². The van der Waals surface area contributed by atoms with Crippen LogP contribution in [0, 0.1) is 0 Å². The number of ether oxygens (including phenoxy) is 1. The van der Waals surface area contributed by atoms with Crippen LogP contribution in [0.2, 0.25) is 0 Å². The Morgan fingerprint density at radius 1 is 1.35 bits per heavy atom. The molecule has 1 fully saturated rings. The zero-order valence-electron chi connectivity index (χ0n) is 12.4. The third-order valence-corrected chi connectivity index (χ3v) is 4.68. The highest BCUT2D eigenvalue weighted by Gasteiger charge is 2.40. The molecule has 0 aliphatic heterocycles. The van der Waals surface area contributed by atoms with E-state index < -0.39 is 0 Å². The summed E-state index contributed by atoms with van der Waals surface area (Å²) in [6.45, 7) is 4.68. The standard InChI is InChI=1S/C16H25BrN2O/c1-16(12-18,11-13-3-5-14(17)6-4-13)19(9-10-20-2)15-7-8-15/h3-6,15H,7-12,18H2,1-2H3. The molecule has 20 heavy (non-hydrogen) atoms. The molecule has 0 amide bonds. The lowest BCUT2D eigenvalue weighted by Gasteiger charge is -2.41. The van der Waals surface area contributed by atoms with E-state index in [-0.39, 0.29) is 5.54 Å². The van der Waals surface area contributed by atoms with Crippen molar-refractivity contribution in [1.29, 1.82) is 0 Å². The minimum absolute atomic E-state index is 0.00747. The summed E-state index contributed by atoms with van der Waals surface area (Å²) in [7, 11) is 1.76. The molecule has 0 saturated heterocycles. The summed E-state index contributed by atoms with van der Waals surface area (Å²) in [6, 6.07) is 9.25. The zero-order valence-corrected chi connectivity index (χ0v) is 14.0. The maximum Gasteiger partial charge on any atom is 0.0590 e. The van der Waals surface area contributed by atoms with Crippen molar-refractivity contribution in [3.05, 3.63) is 34.3 Å². The maximum atomic E-state index is 6.13.